The van der Waals surface area contributed by atoms with Gasteiger partial charge in [0.25, 0.3) is 0 Å². The summed E-state index contributed by atoms with van der Waals surface area (Å²) in [7, 11) is 0. The van der Waals surface area contributed by atoms with Crippen LogP contribution >= 0.6 is 0 Å². The normalized spacial score (nSPS) is 10.9. The fourth-order valence-electron chi connectivity index (χ4n) is 2.68. The zero-order chi connectivity index (χ0) is 16.2. The van der Waals surface area contributed by atoms with Gasteiger partial charge < -0.3 is 9.30 Å². The Morgan fingerprint density at radius 1 is 1.09 bits per heavy atom. The summed E-state index contributed by atoms with van der Waals surface area (Å²) in [4.78, 5) is 11.8. The SMILES string of the molecule is CCCOC(=O)c1ccc(Cn2ccc3cc(C)ccc32)cc1. The summed E-state index contributed by atoms with van der Waals surface area (Å²) < 4.78 is 7.37. The lowest BCUT2D eigenvalue weighted by Crippen LogP contribution is -2.06. The minimum Gasteiger partial charge on any atom is -0.462 e. The van der Waals surface area contributed by atoms with Crippen molar-refractivity contribution in [1.29, 1.82) is 0 Å². The van der Waals surface area contributed by atoms with Crippen molar-refractivity contribution in [2.24, 2.45) is 0 Å². The second-order valence-corrected chi connectivity index (χ2v) is 5.84. The second kappa shape index (κ2) is 6.69. The maximum atomic E-state index is 11.8. The molecule has 3 nitrogen and oxygen atoms in total. The van der Waals surface area contributed by atoms with Crippen LogP contribution in [0.1, 0.15) is 34.8 Å². The lowest BCUT2D eigenvalue weighted by Gasteiger charge is -2.07. The van der Waals surface area contributed by atoms with Crippen molar-refractivity contribution in [3.8, 4) is 0 Å². The fraction of sp³-hybridized carbons (Fsp3) is 0.250. The van der Waals surface area contributed by atoms with Crippen LogP contribution in [0.5, 0.6) is 0 Å². The topological polar surface area (TPSA) is 31.2 Å². The molecule has 0 amide bonds. The quantitative estimate of drug-likeness (QED) is 0.647. The summed E-state index contributed by atoms with van der Waals surface area (Å²) in [5, 5.41) is 1.25. The molecule has 0 spiro atoms. The Labute approximate surface area is 136 Å². The smallest absolute Gasteiger partial charge is 0.338 e. The molecular weight excluding hydrogens is 286 g/mol. The van der Waals surface area contributed by atoms with Crippen LogP contribution in [0, 0.1) is 6.92 Å². The number of fused-ring (bicyclic) bond motifs is 1. The first-order chi connectivity index (χ1) is 11.2. The van der Waals surface area contributed by atoms with Crippen molar-refractivity contribution in [3.63, 3.8) is 0 Å². The Morgan fingerprint density at radius 3 is 2.61 bits per heavy atom. The van der Waals surface area contributed by atoms with Crippen molar-refractivity contribution in [2.75, 3.05) is 6.61 Å². The third kappa shape index (κ3) is 3.45. The number of benzene rings is 2. The molecule has 0 aliphatic heterocycles. The first-order valence-corrected chi connectivity index (χ1v) is 7.99. The molecule has 0 radical (unpaired) electrons. The minimum atomic E-state index is -0.250. The van der Waals surface area contributed by atoms with Gasteiger partial charge in [0, 0.05) is 18.3 Å². The maximum absolute atomic E-state index is 11.8. The van der Waals surface area contributed by atoms with Crippen LogP contribution in [0.4, 0.5) is 0 Å². The molecule has 1 aromatic heterocycles. The number of esters is 1. The number of carbonyl (C=O) groups excluding carboxylic acids is 1. The van der Waals surface area contributed by atoms with E-state index in [1.54, 1.807) is 0 Å². The van der Waals surface area contributed by atoms with E-state index in [-0.39, 0.29) is 5.97 Å². The van der Waals surface area contributed by atoms with Crippen LogP contribution in [0.3, 0.4) is 0 Å². The molecule has 0 bridgehead atoms. The van der Waals surface area contributed by atoms with Gasteiger partial charge in [0.2, 0.25) is 0 Å². The number of aromatic nitrogens is 1. The average Bonchev–Trinajstić information content (AvgIpc) is 2.95. The highest BCUT2D eigenvalue weighted by Crippen LogP contribution is 2.19. The van der Waals surface area contributed by atoms with Crippen molar-refractivity contribution in [3.05, 3.63) is 71.4 Å². The molecule has 0 unspecified atom stereocenters. The van der Waals surface area contributed by atoms with Gasteiger partial charge in [0.1, 0.15) is 0 Å². The summed E-state index contributed by atoms with van der Waals surface area (Å²) in [6.07, 6.45) is 2.94. The summed E-state index contributed by atoms with van der Waals surface area (Å²) in [5.74, 6) is -0.250. The van der Waals surface area contributed by atoms with E-state index < -0.39 is 0 Å². The van der Waals surface area contributed by atoms with Crippen molar-refractivity contribution in [2.45, 2.75) is 26.8 Å². The van der Waals surface area contributed by atoms with E-state index in [1.165, 1.54) is 16.5 Å². The molecule has 1 heterocycles. The van der Waals surface area contributed by atoms with Gasteiger partial charge in [-0.05, 0) is 54.6 Å². The Bertz CT molecular complexity index is 815. The van der Waals surface area contributed by atoms with Gasteiger partial charge in [0.05, 0.1) is 12.2 Å². The Morgan fingerprint density at radius 2 is 1.87 bits per heavy atom. The molecule has 0 aliphatic carbocycles. The molecule has 0 saturated heterocycles. The molecule has 2 aromatic carbocycles. The molecule has 3 rings (SSSR count). The summed E-state index contributed by atoms with van der Waals surface area (Å²) in [6.45, 7) is 5.35. The molecule has 118 valence electrons. The fourth-order valence-corrected chi connectivity index (χ4v) is 2.68. The molecule has 3 aromatic rings. The monoisotopic (exact) mass is 307 g/mol. The molecular formula is C20H21NO2. The van der Waals surface area contributed by atoms with E-state index in [1.807, 2.05) is 31.2 Å². The molecule has 0 saturated carbocycles. The zero-order valence-corrected chi connectivity index (χ0v) is 13.6. The third-order valence-corrected chi connectivity index (χ3v) is 3.91. The van der Waals surface area contributed by atoms with E-state index in [0.29, 0.717) is 12.2 Å². The third-order valence-electron chi connectivity index (χ3n) is 3.91. The predicted molar refractivity (Wildman–Crippen MR) is 92.8 cm³/mol. The highest BCUT2D eigenvalue weighted by Gasteiger charge is 2.07. The van der Waals surface area contributed by atoms with Crippen LogP contribution in [0.15, 0.2) is 54.7 Å². The summed E-state index contributed by atoms with van der Waals surface area (Å²) in [6, 6.07) is 16.3. The van der Waals surface area contributed by atoms with Gasteiger partial charge in [-0.25, -0.2) is 4.79 Å². The van der Waals surface area contributed by atoms with Crippen LogP contribution in [-0.2, 0) is 11.3 Å². The molecule has 0 atom stereocenters. The lowest BCUT2D eigenvalue weighted by molar-refractivity contribution is 0.0505. The van der Waals surface area contributed by atoms with Crippen LogP contribution in [-0.4, -0.2) is 17.1 Å². The number of ether oxygens (including phenoxy) is 1. The van der Waals surface area contributed by atoms with Crippen LogP contribution in [0.2, 0.25) is 0 Å². The predicted octanol–water partition coefficient (Wildman–Crippen LogP) is 4.56. The zero-order valence-electron chi connectivity index (χ0n) is 13.6. The van der Waals surface area contributed by atoms with Gasteiger partial charge in [-0.3, -0.25) is 0 Å². The minimum absolute atomic E-state index is 0.250. The summed E-state index contributed by atoms with van der Waals surface area (Å²) >= 11 is 0. The van der Waals surface area contributed by atoms with E-state index in [2.05, 4.69) is 42.0 Å². The van der Waals surface area contributed by atoms with Gasteiger partial charge in [0.15, 0.2) is 0 Å². The number of carbonyl (C=O) groups is 1. The molecule has 0 aliphatic rings. The van der Waals surface area contributed by atoms with Crippen molar-refractivity contribution < 1.29 is 9.53 Å². The van der Waals surface area contributed by atoms with E-state index in [9.17, 15) is 4.79 Å². The van der Waals surface area contributed by atoms with E-state index in [0.717, 1.165) is 18.5 Å². The van der Waals surface area contributed by atoms with Gasteiger partial charge in [-0.1, -0.05) is 30.7 Å². The van der Waals surface area contributed by atoms with E-state index >= 15 is 0 Å². The van der Waals surface area contributed by atoms with Gasteiger partial charge in [-0.15, -0.1) is 0 Å². The van der Waals surface area contributed by atoms with Crippen LogP contribution in [0.25, 0.3) is 10.9 Å². The van der Waals surface area contributed by atoms with Crippen molar-refractivity contribution >= 4 is 16.9 Å². The largest absolute Gasteiger partial charge is 0.462 e. The Kier molecular flexibility index (Phi) is 4.47. The molecule has 3 heteroatoms. The highest BCUT2D eigenvalue weighted by molar-refractivity contribution is 5.89. The standard InChI is InChI=1S/C20H21NO2/c1-3-12-23-20(22)17-7-5-16(6-8-17)14-21-11-10-18-13-15(2)4-9-19(18)21/h4-11,13H,3,12,14H2,1-2H3. The average molecular weight is 307 g/mol. The number of hydrogen-bond acceptors (Lipinski definition) is 2. The number of hydrogen-bond donors (Lipinski definition) is 0. The summed E-state index contributed by atoms with van der Waals surface area (Å²) in [5.41, 5.74) is 4.26. The molecule has 0 fully saturated rings. The van der Waals surface area contributed by atoms with Gasteiger partial charge >= 0.3 is 5.97 Å². The van der Waals surface area contributed by atoms with Crippen LogP contribution < -0.4 is 0 Å². The number of nitrogens with zero attached hydrogens (tertiary/aromatic N) is 1. The molecule has 0 N–H and O–H groups in total. The first-order valence-electron chi connectivity index (χ1n) is 7.99. The first kappa shape index (κ1) is 15.3. The second-order valence-electron chi connectivity index (χ2n) is 5.84. The molecule has 23 heavy (non-hydrogen) atoms. The lowest BCUT2D eigenvalue weighted by atomic mass is 10.1. The number of aryl methyl sites for hydroxylation is 1. The Hall–Kier alpha value is -2.55. The Balaban J connectivity index is 1.76. The highest BCUT2D eigenvalue weighted by atomic mass is 16.5. The van der Waals surface area contributed by atoms with Gasteiger partial charge in [-0.2, -0.15) is 0 Å². The number of rotatable bonds is 5. The van der Waals surface area contributed by atoms with Crippen molar-refractivity contribution in [1.82, 2.24) is 4.57 Å². The maximum Gasteiger partial charge on any atom is 0.338 e. The van der Waals surface area contributed by atoms with E-state index in [4.69, 9.17) is 4.74 Å².